The summed E-state index contributed by atoms with van der Waals surface area (Å²) in [6.07, 6.45) is 3.35. The van der Waals surface area contributed by atoms with Crippen molar-refractivity contribution >= 4 is 5.91 Å². The van der Waals surface area contributed by atoms with Crippen molar-refractivity contribution in [2.24, 2.45) is 0 Å². The first-order valence-corrected chi connectivity index (χ1v) is 7.04. The molecule has 18 heavy (non-hydrogen) atoms. The van der Waals surface area contributed by atoms with Crippen molar-refractivity contribution in [3.8, 4) is 0 Å². The Balaban J connectivity index is 1.61. The Morgan fingerprint density at radius 1 is 1.44 bits per heavy atom. The van der Waals surface area contributed by atoms with Gasteiger partial charge in [-0.3, -0.25) is 4.79 Å². The van der Waals surface area contributed by atoms with Gasteiger partial charge < -0.3 is 19.9 Å². The van der Waals surface area contributed by atoms with Crippen LogP contribution < -0.4 is 5.32 Å². The summed E-state index contributed by atoms with van der Waals surface area (Å²) in [7, 11) is 2.08. The van der Waals surface area contributed by atoms with Crippen molar-refractivity contribution in [3.05, 3.63) is 0 Å². The second-order valence-corrected chi connectivity index (χ2v) is 5.28. The maximum atomic E-state index is 12.0. The highest BCUT2D eigenvalue weighted by molar-refractivity contribution is 5.76. The van der Waals surface area contributed by atoms with E-state index >= 15 is 0 Å². The van der Waals surface area contributed by atoms with E-state index in [-0.39, 0.29) is 5.91 Å². The third-order valence-electron chi connectivity index (χ3n) is 3.72. The molecule has 2 heterocycles. The summed E-state index contributed by atoms with van der Waals surface area (Å²) >= 11 is 0. The SMILES string of the molecule is CN(CCC(=O)N1CCNCC1)CC1CCCO1. The van der Waals surface area contributed by atoms with Crippen LogP contribution in [0.4, 0.5) is 0 Å². The summed E-state index contributed by atoms with van der Waals surface area (Å²) in [5.74, 6) is 0.288. The molecule has 0 aliphatic carbocycles. The summed E-state index contributed by atoms with van der Waals surface area (Å²) in [5, 5.41) is 3.26. The molecule has 0 aromatic rings. The van der Waals surface area contributed by atoms with Gasteiger partial charge in [-0.15, -0.1) is 0 Å². The molecule has 2 saturated heterocycles. The zero-order chi connectivity index (χ0) is 12.8. The molecule has 1 N–H and O–H groups in total. The maximum absolute atomic E-state index is 12.0. The summed E-state index contributed by atoms with van der Waals surface area (Å²) < 4.78 is 5.60. The number of piperazine rings is 1. The molecule has 1 amide bonds. The predicted octanol–water partition coefficient (Wildman–Crippen LogP) is -0.0809. The molecule has 2 aliphatic rings. The average molecular weight is 255 g/mol. The first-order valence-electron chi connectivity index (χ1n) is 7.04. The van der Waals surface area contributed by atoms with Crippen LogP contribution in [0.5, 0.6) is 0 Å². The molecule has 0 bridgehead atoms. The fraction of sp³-hybridized carbons (Fsp3) is 0.923. The number of amides is 1. The lowest BCUT2D eigenvalue weighted by Gasteiger charge is -2.28. The number of hydrogen-bond donors (Lipinski definition) is 1. The van der Waals surface area contributed by atoms with Crippen molar-refractivity contribution in [1.82, 2.24) is 15.1 Å². The van der Waals surface area contributed by atoms with E-state index in [1.165, 1.54) is 6.42 Å². The Labute approximate surface area is 109 Å². The Kier molecular flexibility index (Phi) is 5.41. The van der Waals surface area contributed by atoms with Crippen LogP contribution in [0.2, 0.25) is 0 Å². The number of likely N-dealkylation sites (N-methyl/N-ethyl adjacent to an activating group) is 1. The van der Waals surface area contributed by atoms with Crippen LogP contribution in [0.25, 0.3) is 0 Å². The van der Waals surface area contributed by atoms with Crippen molar-refractivity contribution in [2.75, 3.05) is 52.9 Å². The maximum Gasteiger partial charge on any atom is 0.223 e. The topological polar surface area (TPSA) is 44.8 Å². The molecule has 2 fully saturated rings. The van der Waals surface area contributed by atoms with E-state index < -0.39 is 0 Å². The number of ether oxygens (including phenoxy) is 1. The van der Waals surface area contributed by atoms with Crippen LogP contribution in [-0.4, -0.2) is 74.7 Å². The minimum absolute atomic E-state index is 0.288. The molecule has 104 valence electrons. The zero-order valence-electron chi connectivity index (χ0n) is 11.4. The molecule has 5 heteroatoms. The molecule has 0 radical (unpaired) electrons. The van der Waals surface area contributed by atoms with Crippen LogP contribution in [0.15, 0.2) is 0 Å². The molecule has 0 spiro atoms. The molecular weight excluding hydrogens is 230 g/mol. The van der Waals surface area contributed by atoms with Crippen LogP contribution in [-0.2, 0) is 9.53 Å². The standard InChI is InChI=1S/C13H25N3O2/c1-15(11-12-3-2-10-18-12)7-4-13(17)16-8-5-14-6-9-16/h12,14H,2-11H2,1H3. The van der Waals surface area contributed by atoms with Crippen molar-refractivity contribution in [3.63, 3.8) is 0 Å². The van der Waals surface area contributed by atoms with E-state index in [4.69, 9.17) is 4.74 Å². The quantitative estimate of drug-likeness (QED) is 0.746. The van der Waals surface area contributed by atoms with Gasteiger partial charge in [-0.25, -0.2) is 0 Å². The van der Waals surface area contributed by atoms with Gasteiger partial charge in [0.1, 0.15) is 0 Å². The van der Waals surface area contributed by atoms with Crippen molar-refractivity contribution in [2.45, 2.75) is 25.4 Å². The number of carbonyl (C=O) groups is 1. The van der Waals surface area contributed by atoms with Gasteiger partial charge in [-0.1, -0.05) is 0 Å². The lowest BCUT2D eigenvalue weighted by molar-refractivity contribution is -0.132. The van der Waals surface area contributed by atoms with E-state index in [1.807, 2.05) is 4.90 Å². The summed E-state index contributed by atoms with van der Waals surface area (Å²) in [5.41, 5.74) is 0. The minimum atomic E-state index is 0.288. The second-order valence-electron chi connectivity index (χ2n) is 5.28. The van der Waals surface area contributed by atoms with E-state index in [1.54, 1.807) is 0 Å². The summed E-state index contributed by atoms with van der Waals surface area (Å²) in [6.45, 7) is 6.26. The first-order chi connectivity index (χ1) is 8.75. The molecule has 2 aliphatic heterocycles. The predicted molar refractivity (Wildman–Crippen MR) is 70.5 cm³/mol. The van der Waals surface area contributed by atoms with Gasteiger partial charge in [-0.2, -0.15) is 0 Å². The number of hydrogen-bond acceptors (Lipinski definition) is 4. The zero-order valence-corrected chi connectivity index (χ0v) is 11.4. The first kappa shape index (κ1) is 13.8. The van der Waals surface area contributed by atoms with Gasteiger partial charge in [0, 0.05) is 52.3 Å². The fourth-order valence-electron chi connectivity index (χ4n) is 2.59. The summed E-state index contributed by atoms with van der Waals surface area (Å²) in [6, 6.07) is 0. The molecule has 0 aromatic carbocycles. The highest BCUT2D eigenvalue weighted by Crippen LogP contribution is 2.12. The number of rotatable bonds is 5. The largest absolute Gasteiger partial charge is 0.377 e. The molecule has 0 saturated carbocycles. The van der Waals surface area contributed by atoms with Gasteiger partial charge in [0.25, 0.3) is 0 Å². The lowest BCUT2D eigenvalue weighted by atomic mass is 10.2. The number of nitrogens with zero attached hydrogens (tertiary/aromatic N) is 2. The van der Waals surface area contributed by atoms with Crippen LogP contribution >= 0.6 is 0 Å². The van der Waals surface area contributed by atoms with Gasteiger partial charge in [0.2, 0.25) is 5.91 Å². The molecule has 1 unspecified atom stereocenters. The van der Waals surface area contributed by atoms with Crippen molar-refractivity contribution in [1.29, 1.82) is 0 Å². The third kappa shape index (κ3) is 4.23. The Morgan fingerprint density at radius 3 is 2.89 bits per heavy atom. The monoisotopic (exact) mass is 255 g/mol. The van der Waals surface area contributed by atoms with E-state index in [0.717, 1.165) is 52.3 Å². The number of carbonyl (C=O) groups excluding carboxylic acids is 1. The van der Waals surface area contributed by atoms with Crippen LogP contribution in [0, 0.1) is 0 Å². The highest BCUT2D eigenvalue weighted by atomic mass is 16.5. The minimum Gasteiger partial charge on any atom is -0.377 e. The number of nitrogens with one attached hydrogen (secondary N) is 1. The Morgan fingerprint density at radius 2 is 2.22 bits per heavy atom. The lowest BCUT2D eigenvalue weighted by Crippen LogP contribution is -2.47. The van der Waals surface area contributed by atoms with Crippen molar-refractivity contribution < 1.29 is 9.53 Å². The van der Waals surface area contributed by atoms with E-state index in [9.17, 15) is 4.79 Å². The van der Waals surface area contributed by atoms with Crippen LogP contribution in [0.1, 0.15) is 19.3 Å². The molecular formula is C13H25N3O2. The summed E-state index contributed by atoms with van der Waals surface area (Å²) in [4.78, 5) is 16.2. The fourth-order valence-corrected chi connectivity index (χ4v) is 2.59. The van der Waals surface area contributed by atoms with Gasteiger partial charge in [-0.05, 0) is 19.9 Å². The van der Waals surface area contributed by atoms with Gasteiger partial charge >= 0.3 is 0 Å². The van der Waals surface area contributed by atoms with Crippen LogP contribution in [0.3, 0.4) is 0 Å². The normalized spacial score (nSPS) is 24.8. The molecule has 5 nitrogen and oxygen atoms in total. The molecule has 2 rings (SSSR count). The Bertz CT molecular complexity index is 261. The molecule has 0 aromatic heterocycles. The second kappa shape index (κ2) is 7.07. The van der Waals surface area contributed by atoms with Gasteiger partial charge in [0.05, 0.1) is 6.10 Å². The smallest absolute Gasteiger partial charge is 0.223 e. The van der Waals surface area contributed by atoms with E-state index in [2.05, 4.69) is 17.3 Å². The molecule has 1 atom stereocenters. The third-order valence-corrected chi connectivity index (χ3v) is 3.72. The van der Waals surface area contributed by atoms with Gasteiger partial charge in [0.15, 0.2) is 0 Å². The Hall–Kier alpha value is -0.650. The van der Waals surface area contributed by atoms with E-state index in [0.29, 0.717) is 12.5 Å². The average Bonchev–Trinajstić information content (AvgIpc) is 2.90. The highest BCUT2D eigenvalue weighted by Gasteiger charge is 2.19.